The van der Waals surface area contributed by atoms with E-state index in [9.17, 15) is 9.18 Å². The van der Waals surface area contributed by atoms with Crippen molar-refractivity contribution in [2.24, 2.45) is 0 Å². The summed E-state index contributed by atoms with van der Waals surface area (Å²) in [7, 11) is 0. The first-order valence-corrected chi connectivity index (χ1v) is 8.38. The molecule has 3 aromatic rings. The van der Waals surface area contributed by atoms with Crippen LogP contribution in [0.2, 0.25) is 0 Å². The molecule has 0 N–H and O–H groups in total. The Labute approximate surface area is 151 Å². The molecule has 0 spiro atoms. The Kier molecular flexibility index (Phi) is 5.55. The number of halogens is 2. The number of esters is 1. The highest BCUT2D eigenvalue weighted by Crippen LogP contribution is 2.17. The Bertz CT molecular complexity index is 865. The predicted octanol–water partition coefficient (Wildman–Crippen LogP) is 4.31. The van der Waals surface area contributed by atoms with Crippen LogP contribution in [-0.4, -0.2) is 16.1 Å². The second-order valence-corrected chi connectivity index (χ2v) is 6.22. The fraction of sp³-hybridized carbons (Fsp3) is 0.167. The number of carbonyl (C=O) groups excluding carboxylic acids is 1. The number of hydrogen-bond donors (Lipinski definition) is 0. The normalized spacial score (nSPS) is 10.6. The molecule has 2 aromatic carbocycles. The van der Waals surface area contributed by atoms with Gasteiger partial charge in [-0.05, 0) is 42.0 Å². The molecule has 1 aromatic heterocycles. The Morgan fingerprint density at radius 1 is 1.20 bits per heavy atom. The summed E-state index contributed by atoms with van der Waals surface area (Å²) in [6.45, 7) is 0.211. The monoisotopic (exact) mass is 404 g/mol. The zero-order valence-corrected chi connectivity index (χ0v) is 14.7. The molecule has 0 aliphatic rings. The SMILES string of the molecule is O=C(CCc1nc(-c2ccc(F)cc2)no1)OCc1cccc(Br)c1. The van der Waals surface area contributed by atoms with E-state index >= 15 is 0 Å². The van der Waals surface area contributed by atoms with Crippen LogP contribution in [0.25, 0.3) is 11.4 Å². The first-order chi connectivity index (χ1) is 12.1. The van der Waals surface area contributed by atoms with Gasteiger partial charge in [0.25, 0.3) is 0 Å². The smallest absolute Gasteiger partial charge is 0.306 e. The number of aryl methyl sites for hydroxylation is 1. The number of nitrogens with zero attached hydrogens (tertiary/aromatic N) is 2. The molecule has 0 aliphatic heterocycles. The number of benzene rings is 2. The van der Waals surface area contributed by atoms with Gasteiger partial charge in [0, 0.05) is 16.5 Å². The molecule has 0 fully saturated rings. The van der Waals surface area contributed by atoms with E-state index < -0.39 is 0 Å². The van der Waals surface area contributed by atoms with Crippen LogP contribution in [0.15, 0.2) is 57.5 Å². The van der Waals surface area contributed by atoms with E-state index in [1.165, 1.54) is 12.1 Å². The van der Waals surface area contributed by atoms with Crippen molar-refractivity contribution in [3.8, 4) is 11.4 Å². The lowest BCUT2D eigenvalue weighted by Crippen LogP contribution is -2.06. The third-order valence-electron chi connectivity index (χ3n) is 3.40. The third-order valence-corrected chi connectivity index (χ3v) is 3.90. The summed E-state index contributed by atoms with van der Waals surface area (Å²) in [5, 5.41) is 3.83. The van der Waals surface area contributed by atoms with Crippen molar-refractivity contribution < 1.29 is 18.4 Å². The van der Waals surface area contributed by atoms with Gasteiger partial charge in [-0.1, -0.05) is 33.2 Å². The lowest BCUT2D eigenvalue weighted by atomic mass is 10.2. The number of hydrogen-bond acceptors (Lipinski definition) is 5. The molecular formula is C18H14BrFN2O3. The second kappa shape index (κ2) is 8.02. The summed E-state index contributed by atoms with van der Waals surface area (Å²) in [6.07, 6.45) is 0.421. The molecule has 0 saturated heterocycles. The molecule has 7 heteroatoms. The first kappa shape index (κ1) is 17.3. The van der Waals surface area contributed by atoms with Crippen molar-refractivity contribution >= 4 is 21.9 Å². The van der Waals surface area contributed by atoms with Crippen molar-refractivity contribution in [2.45, 2.75) is 19.4 Å². The predicted molar refractivity (Wildman–Crippen MR) is 92.0 cm³/mol. The summed E-state index contributed by atoms with van der Waals surface area (Å²) in [5.74, 6) is 0.0124. The van der Waals surface area contributed by atoms with Crippen LogP contribution in [0.5, 0.6) is 0 Å². The van der Waals surface area contributed by atoms with E-state index in [-0.39, 0.29) is 31.2 Å². The minimum Gasteiger partial charge on any atom is -0.461 e. The first-order valence-electron chi connectivity index (χ1n) is 7.59. The van der Waals surface area contributed by atoms with Crippen LogP contribution in [0.3, 0.4) is 0 Å². The molecule has 0 bridgehead atoms. The second-order valence-electron chi connectivity index (χ2n) is 5.31. The summed E-state index contributed by atoms with van der Waals surface area (Å²) >= 11 is 3.37. The number of aromatic nitrogens is 2. The highest BCUT2D eigenvalue weighted by molar-refractivity contribution is 9.10. The van der Waals surface area contributed by atoms with Gasteiger partial charge in [-0.2, -0.15) is 4.98 Å². The maximum Gasteiger partial charge on any atom is 0.306 e. The van der Waals surface area contributed by atoms with Gasteiger partial charge in [0.2, 0.25) is 11.7 Å². The summed E-state index contributed by atoms with van der Waals surface area (Å²) < 4.78 is 24.2. The maximum atomic E-state index is 12.9. The lowest BCUT2D eigenvalue weighted by molar-refractivity contribution is -0.145. The quantitative estimate of drug-likeness (QED) is 0.572. The number of carbonyl (C=O) groups is 1. The zero-order chi connectivity index (χ0) is 17.6. The topological polar surface area (TPSA) is 65.2 Å². The maximum absolute atomic E-state index is 12.9. The van der Waals surface area contributed by atoms with Gasteiger partial charge >= 0.3 is 5.97 Å². The highest BCUT2D eigenvalue weighted by Gasteiger charge is 2.11. The molecule has 25 heavy (non-hydrogen) atoms. The van der Waals surface area contributed by atoms with Gasteiger partial charge in [0.1, 0.15) is 12.4 Å². The van der Waals surface area contributed by atoms with Crippen LogP contribution >= 0.6 is 15.9 Å². The van der Waals surface area contributed by atoms with E-state index in [0.717, 1.165) is 10.0 Å². The molecule has 0 radical (unpaired) electrons. The number of ether oxygens (including phenoxy) is 1. The van der Waals surface area contributed by atoms with Crippen LogP contribution in [0.1, 0.15) is 17.9 Å². The molecule has 128 valence electrons. The van der Waals surface area contributed by atoms with Gasteiger partial charge < -0.3 is 9.26 Å². The average molecular weight is 405 g/mol. The zero-order valence-electron chi connectivity index (χ0n) is 13.1. The molecule has 0 unspecified atom stereocenters. The van der Waals surface area contributed by atoms with Gasteiger partial charge in [0.05, 0.1) is 6.42 Å². The molecule has 1 heterocycles. The van der Waals surface area contributed by atoms with Crippen molar-refractivity contribution in [3.63, 3.8) is 0 Å². The third kappa shape index (κ3) is 4.96. The van der Waals surface area contributed by atoms with Crippen molar-refractivity contribution in [1.82, 2.24) is 10.1 Å². The van der Waals surface area contributed by atoms with Crippen molar-refractivity contribution in [2.75, 3.05) is 0 Å². The van der Waals surface area contributed by atoms with E-state index in [1.807, 2.05) is 24.3 Å². The summed E-state index contributed by atoms with van der Waals surface area (Å²) in [6, 6.07) is 13.3. The van der Waals surface area contributed by atoms with Crippen LogP contribution in [0.4, 0.5) is 4.39 Å². The average Bonchev–Trinajstić information content (AvgIpc) is 3.08. The Morgan fingerprint density at radius 3 is 2.76 bits per heavy atom. The van der Waals surface area contributed by atoms with E-state index in [2.05, 4.69) is 26.1 Å². The van der Waals surface area contributed by atoms with E-state index in [1.54, 1.807) is 12.1 Å². The Balaban J connectivity index is 1.50. The van der Waals surface area contributed by atoms with Crippen LogP contribution in [0, 0.1) is 5.82 Å². The molecule has 0 saturated carbocycles. The minimum atomic E-state index is -0.346. The number of rotatable bonds is 6. The lowest BCUT2D eigenvalue weighted by Gasteiger charge is -2.04. The fourth-order valence-corrected chi connectivity index (χ4v) is 2.59. The molecule has 3 rings (SSSR count). The molecule has 0 atom stereocenters. The van der Waals surface area contributed by atoms with Gasteiger partial charge in [-0.3, -0.25) is 4.79 Å². The molecule has 0 amide bonds. The summed E-state index contributed by atoms with van der Waals surface area (Å²) in [4.78, 5) is 16.0. The van der Waals surface area contributed by atoms with Crippen molar-refractivity contribution in [1.29, 1.82) is 0 Å². The van der Waals surface area contributed by atoms with E-state index in [0.29, 0.717) is 17.3 Å². The Morgan fingerprint density at radius 2 is 2.00 bits per heavy atom. The fourth-order valence-electron chi connectivity index (χ4n) is 2.14. The van der Waals surface area contributed by atoms with Crippen LogP contribution < -0.4 is 0 Å². The summed E-state index contributed by atoms with van der Waals surface area (Å²) in [5.41, 5.74) is 1.55. The van der Waals surface area contributed by atoms with Gasteiger partial charge in [-0.25, -0.2) is 4.39 Å². The van der Waals surface area contributed by atoms with E-state index in [4.69, 9.17) is 9.26 Å². The standard InChI is InChI=1S/C18H14BrFN2O3/c19-14-3-1-2-12(10-14)11-24-17(23)9-8-16-21-18(22-25-16)13-4-6-15(20)7-5-13/h1-7,10H,8-9,11H2. The Hall–Kier alpha value is -2.54. The van der Waals surface area contributed by atoms with Crippen molar-refractivity contribution in [3.05, 3.63) is 70.3 Å². The van der Waals surface area contributed by atoms with Gasteiger partial charge in [0.15, 0.2) is 0 Å². The van der Waals surface area contributed by atoms with Gasteiger partial charge in [-0.15, -0.1) is 0 Å². The molecule has 0 aliphatic carbocycles. The van der Waals surface area contributed by atoms with Crippen LogP contribution in [-0.2, 0) is 22.6 Å². The molecular weight excluding hydrogens is 391 g/mol. The minimum absolute atomic E-state index is 0.138. The molecule has 5 nitrogen and oxygen atoms in total. The highest BCUT2D eigenvalue weighted by atomic mass is 79.9. The largest absolute Gasteiger partial charge is 0.461 e.